The number of likely N-dealkylation sites (tertiary alicyclic amines) is 1. The first kappa shape index (κ1) is 11.0. The maximum Gasteiger partial charge on any atom is 0.0628 e. The monoisotopic (exact) mass is 206 g/mol. The number of nitrogens with zero attached hydrogens (tertiary/aromatic N) is 2. The molecule has 0 aromatic rings. The van der Waals surface area contributed by atoms with E-state index in [0.717, 1.165) is 18.3 Å². The van der Waals surface area contributed by atoms with Gasteiger partial charge in [-0.3, -0.25) is 0 Å². The van der Waals surface area contributed by atoms with Gasteiger partial charge in [-0.05, 0) is 43.1 Å². The minimum absolute atomic E-state index is 0.398. The fourth-order valence-electron chi connectivity index (χ4n) is 2.70. The number of piperidine rings is 1. The molecule has 2 heteroatoms. The van der Waals surface area contributed by atoms with Gasteiger partial charge in [0.1, 0.15) is 0 Å². The highest BCUT2D eigenvalue weighted by molar-refractivity contribution is 5.01. The molecular weight excluding hydrogens is 184 g/mol. The second-order valence-electron chi connectivity index (χ2n) is 5.81. The van der Waals surface area contributed by atoms with Crippen LogP contribution in [0.15, 0.2) is 0 Å². The summed E-state index contributed by atoms with van der Waals surface area (Å²) < 4.78 is 0. The highest BCUT2D eigenvalue weighted by atomic mass is 15.1. The Morgan fingerprint density at radius 2 is 2.07 bits per heavy atom. The normalized spacial score (nSPS) is 34.7. The van der Waals surface area contributed by atoms with Gasteiger partial charge >= 0.3 is 0 Å². The summed E-state index contributed by atoms with van der Waals surface area (Å²) in [4.78, 5) is 2.59. The van der Waals surface area contributed by atoms with Gasteiger partial charge in [0.15, 0.2) is 0 Å². The van der Waals surface area contributed by atoms with E-state index in [1.807, 2.05) is 0 Å². The van der Waals surface area contributed by atoms with E-state index in [-0.39, 0.29) is 0 Å². The molecule has 84 valence electrons. The Morgan fingerprint density at radius 1 is 1.33 bits per heavy atom. The molecule has 2 nitrogen and oxygen atoms in total. The van der Waals surface area contributed by atoms with E-state index in [2.05, 4.69) is 24.8 Å². The lowest BCUT2D eigenvalue weighted by Gasteiger charge is -2.37. The molecule has 2 rings (SSSR count). The van der Waals surface area contributed by atoms with Crippen molar-refractivity contribution in [3.63, 3.8) is 0 Å². The van der Waals surface area contributed by atoms with E-state index in [1.54, 1.807) is 0 Å². The summed E-state index contributed by atoms with van der Waals surface area (Å²) in [5.74, 6) is 1.71. The molecule has 2 fully saturated rings. The van der Waals surface area contributed by atoms with Crippen LogP contribution in [0.4, 0.5) is 0 Å². The van der Waals surface area contributed by atoms with Crippen molar-refractivity contribution in [2.24, 2.45) is 17.3 Å². The number of rotatable bonds is 3. The average molecular weight is 206 g/mol. The van der Waals surface area contributed by atoms with Crippen molar-refractivity contribution in [1.29, 1.82) is 5.26 Å². The zero-order valence-corrected chi connectivity index (χ0v) is 10.00. The fraction of sp³-hybridized carbons (Fsp3) is 0.923. The molecule has 2 aliphatic rings. The molecular formula is C13H22N2. The van der Waals surface area contributed by atoms with Gasteiger partial charge in [0.25, 0.3) is 0 Å². The molecule has 2 unspecified atom stereocenters. The summed E-state index contributed by atoms with van der Waals surface area (Å²) in [5, 5.41) is 8.80. The van der Waals surface area contributed by atoms with Gasteiger partial charge in [0, 0.05) is 19.5 Å². The quantitative estimate of drug-likeness (QED) is 0.710. The van der Waals surface area contributed by atoms with Crippen LogP contribution in [-0.4, -0.2) is 24.5 Å². The Bertz CT molecular complexity index is 262. The first-order valence-corrected chi connectivity index (χ1v) is 6.24. The van der Waals surface area contributed by atoms with Crippen molar-refractivity contribution in [1.82, 2.24) is 4.90 Å². The van der Waals surface area contributed by atoms with Crippen LogP contribution in [0.25, 0.3) is 0 Å². The molecule has 0 aromatic heterocycles. The van der Waals surface area contributed by atoms with Crippen LogP contribution in [-0.2, 0) is 0 Å². The van der Waals surface area contributed by atoms with Crippen LogP contribution in [0.2, 0.25) is 0 Å². The lowest BCUT2D eigenvalue weighted by molar-refractivity contribution is 0.116. The summed E-state index contributed by atoms with van der Waals surface area (Å²) in [6.45, 7) is 8.40. The molecule has 1 aliphatic carbocycles. The van der Waals surface area contributed by atoms with Crippen molar-refractivity contribution in [2.45, 2.75) is 39.5 Å². The Kier molecular flexibility index (Phi) is 3.02. The van der Waals surface area contributed by atoms with Crippen molar-refractivity contribution in [3.05, 3.63) is 0 Å². The van der Waals surface area contributed by atoms with E-state index in [1.165, 1.54) is 38.9 Å². The molecule has 2 atom stereocenters. The van der Waals surface area contributed by atoms with Gasteiger partial charge in [0.2, 0.25) is 0 Å². The maximum atomic E-state index is 8.80. The molecule has 0 amide bonds. The lowest BCUT2D eigenvalue weighted by Crippen LogP contribution is -2.41. The highest BCUT2D eigenvalue weighted by Crippen LogP contribution is 2.49. The minimum atomic E-state index is 0.398. The number of nitriles is 1. The van der Waals surface area contributed by atoms with Crippen LogP contribution in [0.1, 0.15) is 39.5 Å². The Morgan fingerprint density at radius 3 is 2.60 bits per heavy atom. The zero-order valence-electron chi connectivity index (χ0n) is 10.00. The first-order valence-electron chi connectivity index (χ1n) is 6.24. The molecule has 0 N–H and O–H groups in total. The summed E-state index contributed by atoms with van der Waals surface area (Å²) in [6.07, 6.45) is 4.67. The van der Waals surface area contributed by atoms with Crippen LogP contribution < -0.4 is 0 Å². The third kappa shape index (κ3) is 2.52. The predicted octanol–water partition coefficient (Wildman–Crippen LogP) is 2.66. The fourth-order valence-corrected chi connectivity index (χ4v) is 2.70. The van der Waals surface area contributed by atoms with Crippen LogP contribution in [0.3, 0.4) is 0 Å². The van der Waals surface area contributed by atoms with Gasteiger partial charge in [-0.15, -0.1) is 0 Å². The van der Waals surface area contributed by atoms with E-state index < -0.39 is 0 Å². The maximum absolute atomic E-state index is 8.80. The van der Waals surface area contributed by atoms with Gasteiger partial charge < -0.3 is 4.90 Å². The average Bonchev–Trinajstić information content (AvgIpc) is 2.92. The number of hydrogen-bond donors (Lipinski definition) is 0. The summed E-state index contributed by atoms with van der Waals surface area (Å²) in [5.41, 5.74) is 0.398. The van der Waals surface area contributed by atoms with Crippen LogP contribution >= 0.6 is 0 Å². The molecule has 0 radical (unpaired) electrons. The standard InChI is InChI=1S/C13H22N2/c1-11-3-8-15(9-12(11)2)10-13(4-5-13)6-7-14/h11-12H,3-6,8-10H2,1-2H3. The largest absolute Gasteiger partial charge is 0.302 e. The van der Waals surface area contributed by atoms with Crippen LogP contribution in [0, 0.1) is 28.6 Å². The molecule has 1 aliphatic heterocycles. The predicted molar refractivity (Wildman–Crippen MR) is 61.3 cm³/mol. The van der Waals surface area contributed by atoms with Crippen molar-refractivity contribution >= 4 is 0 Å². The molecule has 1 saturated carbocycles. The zero-order chi connectivity index (χ0) is 10.9. The Balaban J connectivity index is 1.83. The third-order valence-corrected chi connectivity index (χ3v) is 4.39. The molecule has 0 bridgehead atoms. The second kappa shape index (κ2) is 4.14. The van der Waals surface area contributed by atoms with Gasteiger partial charge in [-0.25, -0.2) is 0 Å². The first-order chi connectivity index (χ1) is 7.15. The highest BCUT2D eigenvalue weighted by Gasteiger charge is 2.44. The summed E-state index contributed by atoms with van der Waals surface area (Å²) in [7, 11) is 0. The topological polar surface area (TPSA) is 27.0 Å². The second-order valence-corrected chi connectivity index (χ2v) is 5.81. The Labute approximate surface area is 93.3 Å². The molecule has 15 heavy (non-hydrogen) atoms. The third-order valence-electron chi connectivity index (χ3n) is 4.39. The molecule has 0 spiro atoms. The molecule has 0 aromatic carbocycles. The summed E-state index contributed by atoms with van der Waals surface area (Å²) >= 11 is 0. The summed E-state index contributed by atoms with van der Waals surface area (Å²) in [6, 6.07) is 2.35. The molecule has 1 saturated heterocycles. The smallest absolute Gasteiger partial charge is 0.0628 e. The Hall–Kier alpha value is -0.550. The van der Waals surface area contributed by atoms with Gasteiger partial charge in [-0.1, -0.05) is 13.8 Å². The number of hydrogen-bond acceptors (Lipinski definition) is 2. The van der Waals surface area contributed by atoms with E-state index in [4.69, 9.17) is 5.26 Å². The van der Waals surface area contributed by atoms with E-state index in [0.29, 0.717) is 5.41 Å². The van der Waals surface area contributed by atoms with Crippen molar-refractivity contribution in [3.8, 4) is 6.07 Å². The van der Waals surface area contributed by atoms with Crippen molar-refractivity contribution in [2.75, 3.05) is 19.6 Å². The lowest BCUT2D eigenvalue weighted by atomic mass is 9.88. The van der Waals surface area contributed by atoms with Gasteiger partial charge in [-0.2, -0.15) is 5.26 Å². The van der Waals surface area contributed by atoms with Crippen molar-refractivity contribution < 1.29 is 0 Å². The van der Waals surface area contributed by atoms with Gasteiger partial charge in [0.05, 0.1) is 6.07 Å². The van der Waals surface area contributed by atoms with E-state index in [9.17, 15) is 0 Å². The van der Waals surface area contributed by atoms with E-state index >= 15 is 0 Å². The molecule has 1 heterocycles. The minimum Gasteiger partial charge on any atom is -0.302 e. The SMILES string of the molecule is CC1CCN(CC2(CC#N)CC2)CC1C. The van der Waals surface area contributed by atoms with Crippen LogP contribution in [0.5, 0.6) is 0 Å².